The van der Waals surface area contributed by atoms with Crippen LogP contribution in [0.4, 0.5) is 5.69 Å². The SMILES string of the molecule is CCc1ccc(CC2CCC(=O)N(c3c(Cl)cccc3Cl)C2)cc1. The highest BCUT2D eigenvalue weighted by Gasteiger charge is 2.29. The third-order valence-electron chi connectivity index (χ3n) is 4.67. The second-order valence-corrected chi connectivity index (χ2v) is 7.17. The van der Waals surface area contributed by atoms with Gasteiger partial charge in [-0.15, -0.1) is 0 Å². The maximum atomic E-state index is 12.4. The molecule has 0 bridgehead atoms. The van der Waals surface area contributed by atoms with E-state index < -0.39 is 0 Å². The predicted octanol–water partition coefficient (Wildman–Crippen LogP) is 5.54. The van der Waals surface area contributed by atoms with Gasteiger partial charge in [0.05, 0.1) is 15.7 Å². The van der Waals surface area contributed by atoms with Crippen LogP contribution in [0.1, 0.15) is 30.9 Å². The van der Waals surface area contributed by atoms with E-state index >= 15 is 0 Å². The second-order valence-electron chi connectivity index (χ2n) is 6.35. The molecule has 0 aromatic heterocycles. The molecule has 1 atom stereocenters. The van der Waals surface area contributed by atoms with Gasteiger partial charge in [0.15, 0.2) is 0 Å². The van der Waals surface area contributed by atoms with Crippen molar-refractivity contribution in [3.8, 4) is 0 Å². The minimum absolute atomic E-state index is 0.0996. The average Bonchev–Trinajstić information content (AvgIpc) is 2.58. The maximum absolute atomic E-state index is 12.4. The lowest BCUT2D eigenvalue weighted by molar-refractivity contribution is -0.120. The molecule has 24 heavy (non-hydrogen) atoms. The molecular formula is C20H21Cl2NO. The number of rotatable bonds is 4. The molecule has 2 aromatic rings. The first-order chi connectivity index (χ1) is 11.6. The Morgan fingerprint density at radius 1 is 1.04 bits per heavy atom. The average molecular weight is 362 g/mol. The first-order valence-electron chi connectivity index (χ1n) is 8.40. The van der Waals surface area contributed by atoms with Crippen LogP contribution in [0.15, 0.2) is 42.5 Å². The predicted molar refractivity (Wildman–Crippen MR) is 101 cm³/mol. The number of carbonyl (C=O) groups is 1. The lowest BCUT2D eigenvalue weighted by Crippen LogP contribution is -2.41. The molecule has 0 aliphatic carbocycles. The summed E-state index contributed by atoms with van der Waals surface area (Å²) in [6, 6.07) is 14.1. The largest absolute Gasteiger partial charge is 0.309 e. The molecule has 1 aliphatic rings. The molecule has 2 nitrogen and oxygen atoms in total. The van der Waals surface area contributed by atoms with E-state index in [0.717, 1.165) is 19.3 Å². The van der Waals surface area contributed by atoms with Crippen LogP contribution in [-0.4, -0.2) is 12.5 Å². The third kappa shape index (κ3) is 3.76. The van der Waals surface area contributed by atoms with Gasteiger partial charge in [-0.05, 0) is 48.4 Å². The summed E-state index contributed by atoms with van der Waals surface area (Å²) in [5.41, 5.74) is 3.32. The van der Waals surface area contributed by atoms with E-state index in [1.807, 2.05) is 0 Å². The number of hydrogen-bond acceptors (Lipinski definition) is 1. The lowest BCUT2D eigenvalue weighted by Gasteiger charge is -2.33. The van der Waals surface area contributed by atoms with E-state index in [-0.39, 0.29) is 5.91 Å². The number of benzene rings is 2. The van der Waals surface area contributed by atoms with Crippen LogP contribution in [0.2, 0.25) is 10.0 Å². The standard InChI is InChI=1S/C20H21Cl2NO/c1-2-14-6-8-15(9-7-14)12-16-10-11-19(24)23(13-16)20-17(21)4-3-5-18(20)22/h3-9,16H,2,10-13H2,1H3. The van der Waals surface area contributed by atoms with Crippen LogP contribution in [0.3, 0.4) is 0 Å². The first kappa shape index (κ1) is 17.3. The molecule has 0 spiro atoms. The van der Waals surface area contributed by atoms with Gasteiger partial charge < -0.3 is 4.90 Å². The van der Waals surface area contributed by atoms with Crippen LogP contribution < -0.4 is 4.90 Å². The first-order valence-corrected chi connectivity index (χ1v) is 9.16. The molecule has 1 amide bonds. The van der Waals surface area contributed by atoms with Gasteiger partial charge >= 0.3 is 0 Å². The highest BCUT2D eigenvalue weighted by molar-refractivity contribution is 6.39. The molecule has 1 fully saturated rings. The van der Waals surface area contributed by atoms with E-state index in [0.29, 0.717) is 34.6 Å². The van der Waals surface area contributed by atoms with E-state index in [9.17, 15) is 4.79 Å². The van der Waals surface area contributed by atoms with Crippen molar-refractivity contribution in [3.63, 3.8) is 0 Å². The van der Waals surface area contributed by atoms with Crippen LogP contribution in [0, 0.1) is 5.92 Å². The Morgan fingerprint density at radius 2 is 1.67 bits per heavy atom. The summed E-state index contributed by atoms with van der Waals surface area (Å²) in [7, 11) is 0. The van der Waals surface area contributed by atoms with Crippen molar-refractivity contribution in [2.24, 2.45) is 5.92 Å². The summed E-state index contributed by atoms with van der Waals surface area (Å²) in [4.78, 5) is 14.2. The van der Waals surface area contributed by atoms with Crippen LogP contribution in [-0.2, 0) is 17.6 Å². The van der Waals surface area contributed by atoms with Gasteiger partial charge in [-0.1, -0.05) is 60.5 Å². The van der Waals surface area contributed by atoms with E-state index in [2.05, 4.69) is 31.2 Å². The molecule has 0 saturated carbocycles. The third-order valence-corrected chi connectivity index (χ3v) is 5.28. The highest BCUT2D eigenvalue weighted by atomic mass is 35.5. The quantitative estimate of drug-likeness (QED) is 0.699. The minimum atomic E-state index is 0.0996. The molecule has 1 saturated heterocycles. The number of carbonyl (C=O) groups excluding carboxylic acids is 1. The van der Waals surface area contributed by atoms with Gasteiger partial charge in [0, 0.05) is 13.0 Å². The summed E-state index contributed by atoms with van der Waals surface area (Å²) in [5, 5.41) is 1.06. The number of piperidine rings is 1. The van der Waals surface area contributed by atoms with E-state index in [1.165, 1.54) is 11.1 Å². The molecule has 2 aromatic carbocycles. The molecule has 1 unspecified atom stereocenters. The Hall–Kier alpha value is -1.51. The van der Waals surface area contributed by atoms with Crippen molar-refractivity contribution in [1.29, 1.82) is 0 Å². The fraction of sp³-hybridized carbons (Fsp3) is 0.350. The lowest BCUT2D eigenvalue weighted by atomic mass is 9.90. The van der Waals surface area contributed by atoms with Gasteiger partial charge in [0.25, 0.3) is 0 Å². The summed E-state index contributed by atoms with van der Waals surface area (Å²) >= 11 is 12.6. The number of halogens is 2. The zero-order valence-corrected chi connectivity index (χ0v) is 15.3. The maximum Gasteiger partial charge on any atom is 0.227 e. The van der Waals surface area contributed by atoms with Crippen molar-refractivity contribution in [3.05, 3.63) is 63.6 Å². The highest BCUT2D eigenvalue weighted by Crippen LogP contribution is 2.36. The Balaban J connectivity index is 1.76. The number of amides is 1. The van der Waals surface area contributed by atoms with Crippen molar-refractivity contribution in [2.45, 2.75) is 32.6 Å². The van der Waals surface area contributed by atoms with Crippen LogP contribution in [0.5, 0.6) is 0 Å². The van der Waals surface area contributed by atoms with E-state index in [4.69, 9.17) is 23.2 Å². The van der Waals surface area contributed by atoms with Gasteiger partial charge in [0.1, 0.15) is 0 Å². The Morgan fingerprint density at radius 3 is 2.29 bits per heavy atom. The number of aryl methyl sites for hydroxylation is 1. The number of hydrogen-bond donors (Lipinski definition) is 0. The summed E-state index contributed by atoms with van der Waals surface area (Å²) < 4.78 is 0. The molecular weight excluding hydrogens is 341 g/mol. The molecule has 1 heterocycles. The van der Waals surface area contributed by atoms with Gasteiger partial charge in [-0.3, -0.25) is 4.79 Å². The molecule has 1 aliphatic heterocycles. The number of para-hydroxylation sites is 1. The second kappa shape index (κ2) is 7.58. The van der Waals surface area contributed by atoms with Gasteiger partial charge in [0.2, 0.25) is 5.91 Å². The summed E-state index contributed by atoms with van der Waals surface area (Å²) in [6.07, 6.45) is 3.47. The fourth-order valence-corrected chi connectivity index (χ4v) is 3.89. The van der Waals surface area contributed by atoms with E-state index in [1.54, 1.807) is 23.1 Å². The van der Waals surface area contributed by atoms with Gasteiger partial charge in [-0.2, -0.15) is 0 Å². The number of nitrogens with zero attached hydrogens (tertiary/aromatic N) is 1. The topological polar surface area (TPSA) is 20.3 Å². The molecule has 0 N–H and O–H groups in total. The Kier molecular flexibility index (Phi) is 5.47. The van der Waals surface area contributed by atoms with Crippen molar-refractivity contribution < 1.29 is 4.79 Å². The Labute approximate surface area is 153 Å². The minimum Gasteiger partial charge on any atom is -0.309 e. The van der Waals surface area contributed by atoms with Crippen LogP contribution >= 0.6 is 23.2 Å². The normalized spacial score (nSPS) is 18.0. The molecule has 126 valence electrons. The van der Waals surface area contributed by atoms with Crippen molar-refractivity contribution in [2.75, 3.05) is 11.4 Å². The van der Waals surface area contributed by atoms with Crippen molar-refractivity contribution in [1.82, 2.24) is 0 Å². The number of anilines is 1. The molecule has 3 rings (SSSR count). The van der Waals surface area contributed by atoms with Crippen molar-refractivity contribution >= 4 is 34.8 Å². The van der Waals surface area contributed by atoms with Gasteiger partial charge in [-0.25, -0.2) is 0 Å². The Bertz CT molecular complexity index is 707. The summed E-state index contributed by atoms with van der Waals surface area (Å²) in [6.45, 7) is 2.82. The zero-order chi connectivity index (χ0) is 17.1. The fourth-order valence-electron chi connectivity index (χ4n) is 3.29. The zero-order valence-electron chi connectivity index (χ0n) is 13.8. The van der Waals surface area contributed by atoms with Crippen LogP contribution in [0.25, 0.3) is 0 Å². The smallest absolute Gasteiger partial charge is 0.227 e. The monoisotopic (exact) mass is 361 g/mol. The molecule has 4 heteroatoms. The molecule has 0 radical (unpaired) electrons. The summed E-state index contributed by atoms with van der Waals surface area (Å²) in [5.74, 6) is 0.519.